The van der Waals surface area contributed by atoms with Gasteiger partial charge in [-0.25, -0.2) is 4.98 Å². The van der Waals surface area contributed by atoms with Gasteiger partial charge in [0.2, 0.25) is 0 Å². The molecule has 2 heteroatoms. The Kier molecular flexibility index (Phi) is 2.98. The predicted molar refractivity (Wildman–Crippen MR) is 65.0 cm³/mol. The van der Waals surface area contributed by atoms with Gasteiger partial charge in [-0.05, 0) is 17.9 Å². The quantitative estimate of drug-likeness (QED) is 0.602. The van der Waals surface area contributed by atoms with E-state index in [4.69, 9.17) is 0 Å². The van der Waals surface area contributed by atoms with Crippen LogP contribution < -0.4 is 5.32 Å². The van der Waals surface area contributed by atoms with Crippen LogP contribution in [-0.2, 0) is 0 Å². The maximum atomic E-state index is 4.33. The standard InChI is InChI=1S/C13H14N2/c1-2-3-9-14-13-12-7-5-4-6-11(12)8-10-15-13/h2,4-8,10H,1,3,9H2,(H,14,15). The zero-order chi connectivity index (χ0) is 10.5. The monoisotopic (exact) mass is 198 g/mol. The van der Waals surface area contributed by atoms with Crippen LogP contribution in [0.1, 0.15) is 6.42 Å². The summed E-state index contributed by atoms with van der Waals surface area (Å²) >= 11 is 0. The number of benzene rings is 1. The number of hydrogen-bond acceptors (Lipinski definition) is 2. The van der Waals surface area contributed by atoms with Crippen LogP contribution in [0, 0.1) is 0 Å². The number of hydrogen-bond donors (Lipinski definition) is 1. The smallest absolute Gasteiger partial charge is 0.133 e. The number of rotatable bonds is 4. The van der Waals surface area contributed by atoms with Gasteiger partial charge < -0.3 is 5.32 Å². The SMILES string of the molecule is C=CCCNc1nccc2ccccc12. The van der Waals surface area contributed by atoms with Crippen LogP contribution in [0.5, 0.6) is 0 Å². The molecule has 0 aliphatic carbocycles. The van der Waals surface area contributed by atoms with Crippen molar-refractivity contribution in [2.45, 2.75) is 6.42 Å². The summed E-state index contributed by atoms with van der Waals surface area (Å²) < 4.78 is 0. The summed E-state index contributed by atoms with van der Waals surface area (Å²) in [5, 5.41) is 5.69. The first-order chi connectivity index (χ1) is 7.42. The van der Waals surface area contributed by atoms with E-state index in [1.165, 1.54) is 10.8 Å². The van der Waals surface area contributed by atoms with Crippen molar-refractivity contribution in [3.8, 4) is 0 Å². The van der Waals surface area contributed by atoms with E-state index < -0.39 is 0 Å². The number of nitrogens with one attached hydrogen (secondary N) is 1. The molecule has 0 radical (unpaired) electrons. The van der Waals surface area contributed by atoms with Gasteiger partial charge in [0, 0.05) is 18.1 Å². The molecule has 2 nitrogen and oxygen atoms in total. The average Bonchev–Trinajstić information content (AvgIpc) is 2.30. The summed E-state index contributed by atoms with van der Waals surface area (Å²) in [6.45, 7) is 4.57. The van der Waals surface area contributed by atoms with Gasteiger partial charge in [-0.3, -0.25) is 0 Å². The first-order valence-electron chi connectivity index (χ1n) is 5.10. The van der Waals surface area contributed by atoms with Crippen LogP contribution >= 0.6 is 0 Å². The molecule has 0 aliphatic rings. The lowest BCUT2D eigenvalue weighted by Crippen LogP contribution is -2.02. The van der Waals surface area contributed by atoms with Crippen molar-refractivity contribution in [1.29, 1.82) is 0 Å². The molecular formula is C13H14N2. The van der Waals surface area contributed by atoms with E-state index >= 15 is 0 Å². The molecule has 1 heterocycles. The van der Waals surface area contributed by atoms with Gasteiger partial charge in [-0.15, -0.1) is 6.58 Å². The highest BCUT2D eigenvalue weighted by atomic mass is 15.0. The minimum Gasteiger partial charge on any atom is -0.369 e. The molecule has 2 aromatic rings. The molecule has 2 rings (SSSR count). The Labute approximate surface area is 89.7 Å². The molecule has 0 unspecified atom stereocenters. The third-order valence-electron chi connectivity index (χ3n) is 2.31. The summed E-state index contributed by atoms with van der Waals surface area (Å²) in [6.07, 6.45) is 4.68. The van der Waals surface area contributed by atoms with Gasteiger partial charge in [0.15, 0.2) is 0 Å². The summed E-state index contributed by atoms with van der Waals surface area (Å²) in [4.78, 5) is 4.33. The zero-order valence-corrected chi connectivity index (χ0v) is 8.61. The van der Waals surface area contributed by atoms with Gasteiger partial charge in [0.1, 0.15) is 5.82 Å². The van der Waals surface area contributed by atoms with Crippen molar-refractivity contribution in [3.63, 3.8) is 0 Å². The third kappa shape index (κ3) is 2.15. The molecule has 15 heavy (non-hydrogen) atoms. The van der Waals surface area contributed by atoms with Gasteiger partial charge in [0.05, 0.1) is 0 Å². The summed E-state index contributed by atoms with van der Waals surface area (Å²) in [5.41, 5.74) is 0. The lowest BCUT2D eigenvalue weighted by atomic mass is 10.1. The second-order valence-corrected chi connectivity index (χ2v) is 3.38. The number of aromatic nitrogens is 1. The molecule has 1 N–H and O–H groups in total. The molecule has 1 aromatic heterocycles. The highest BCUT2D eigenvalue weighted by molar-refractivity contribution is 5.91. The molecule has 0 saturated carbocycles. The third-order valence-corrected chi connectivity index (χ3v) is 2.31. The molecule has 0 fully saturated rings. The van der Waals surface area contributed by atoms with Gasteiger partial charge >= 0.3 is 0 Å². The maximum Gasteiger partial charge on any atom is 0.133 e. The molecule has 1 aromatic carbocycles. The molecular weight excluding hydrogens is 184 g/mol. The lowest BCUT2D eigenvalue weighted by Gasteiger charge is -2.06. The Morgan fingerprint density at radius 3 is 3.00 bits per heavy atom. The Bertz CT molecular complexity index is 458. The molecule has 0 bridgehead atoms. The Hall–Kier alpha value is -1.83. The van der Waals surface area contributed by atoms with E-state index in [2.05, 4.69) is 29.0 Å². The van der Waals surface area contributed by atoms with Gasteiger partial charge in [-0.2, -0.15) is 0 Å². The largest absolute Gasteiger partial charge is 0.369 e. The Balaban J connectivity index is 2.30. The number of anilines is 1. The van der Waals surface area contributed by atoms with Crippen LogP contribution in [0.15, 0.2) is 49.2 Å². The van der Waals surface area contributed by atoms with Crippen LogP contribution in [-0.4, -0.2) is 11.5 Å². The van der Waals surface area contributed by atoms with E-state index in [1.807, 2.05) is 30.5 Å². The highest BCUT2D eigenvalue weighted by Crippen LogP contribution is 2.19. The number of fused-ring (bicyclic) bond motifs is 1. The fourth-order valence-electron chi connectivity index (χ4n) is 1.55. The number of pyridine rings is 1. The highest BCUT2D eigenvalue weighted by Gasteiger charge is 1.99. The van der Waals surface area contributed by atoms with E-state index in [-0.39, 0.29) is 0 Å². The van der Waals surface area contributed by atoms with E-state index in [1.54, 1.807) is 0 Å². The van der Waals surface area contributed by atoms with Gasteiger partial charge in [0.25, 0.3) is 0 Å². The summed E-state index contributed by atoms with van der Waals surface area (Å²) in [7, 11) is 0. The lowest BCUT2D eigenvalue weighted by molar-refractivity contribution is 1.06. The van der Waals surface area contributed by atoms with E-state index in [9.17, 15) is 0 Å². The topological polar surface area (TPSA) is 24.9 Å². The van der Waals surface area contributed by atoms with Crippen LogP contribution in [0.3, 0.4) is 0 Å². The fraction of sp³-hybridized carbons (Fsp3) is 0.154. The van der Waals surface area contributed by atoms with Crippen LogP contribution in [0.4, 0.5) is 5.82 Å². The van der Waals surface area contributed by atoms with E-state index in [0.29, 0.717) is 0 Å². The van der Waals surface area contributed by atoms with Crippen molar-refractivity contribution >= 4 is 16.6 Å². The Morgan fingerprint density at radius 1 is 1.27 bits per heavy atom. The molecule has 0 aliphatic heterocycles. The van der Waals surface area contributed by atoms with Crippen molar-refractivity contribution in [3.05, 3.63) is 49.2 Å². The van der Waals surface area contributed by atoms with Crippen LogP contribution in [0.2, 0.25) is 0 Å². The zero-order valence-electron chi connectivity index (χ0n) is 8.61. The van der Waals surface area contributed by atoms with Crippen molar-refractivity contribution in [2.75, 3.05) is 11.9 Å². The second kappa shape index (κ2) is 4.60. The van der Waals surface area contributed by atoms with Crippen molar-refractivity contribution in [2.24, 2.45) is 0 Å². The number of nitrogens with zero attached hydrogens (tertiary/aromatic N) is 1. The summed E-state index contributed by atoms with van der Waals surface area (Å²) in [5.74, 6) is 0.954. The second-order valence-electron chi connectivity index (χ2n) is 3.38. The minimum absolute atomic E-state index is 0.879. The predicted octanol–water partition coefficient (Wildman–Crippen LogP) is 3.22. The molecule has 76 valence electrons. The summed E-state index contributed by atoms with van der Waals surface area (Å²) in [6, 6.07) is 10.3. The minimum atomic E-state index is 0.879. The first-order valence-corrected chi connectivity index (χ1v) is 5.10. The Morgan fingerprint density at radius 2 is 2.13 bits per heavy atom. The normalized spacial score (nSPS) is 10.1. The maximum absolute atomic E-state index is 4.33. The van der Waals surface area contributed by atoms with Crippen molar-refractivity contribution < 1.29 is 0 Å². The first kappa shape index (κ1) is 9.71. The van der Waals surface area contributed by atoms with Crippen molar-refractivity contribution in [1.82, 2.24) is 4.98 Å². The molecule has 0 saturated heterocycles. The average molecular weight is 198 g/mol. The fourth-order valence-corrected chi connectivity index (χ4v) is 1.55. The molecule has 0 amide bonds. The van der Waals surface area contributed by atoms with E-state index in [0.717, 1.165) is 18.8 Å². The van der Waals surface area contributed by atoms with Crippen LogP contribution in [0.25, 0.3) is 10.8 Å². The van der Waals surface area contributed by atoms with Gasteiger partial charge in [-0.1, -0.05) is 30.3 Å². The molecule has 0 spiro atoms. The molecule has 0 atom stereocenters.